The van der Waals surface area contributed by atoms with Gasteiger partial charge in [-0.05, 0) is 54.8 Å². The monoisotopic (exact) mass is 442 g/mol. The van der Waals surface area contributed by atoms with E-state index < -0.39 is 5.97 Å². The molecule has 5 rings (SSSR count). The lowest BCUT2D eigenvalue weighted by Crippen LogP contribution is -2.15. The predicted molar refractivity (Wildman–Crippen MR) is 124 cm³/mol. The number of fused-ring (bicyclic) bond motifs is 2. The molecule has 0 unspecified atom stereocenters. The van der Waals surface area contributed by atoms with Gasteiger partial charge in [0.25, 0.3) is 0 Å². The number of aryl methyl sites for hydroxylation is 2. The minimum absolute atomic E-state index is 0.168. The SMILES string of the molecule is CCc1cc2c(=O)c(-c3ccc4c(c3)OCCO4)coc2cc1OC(=O)c1ccc(C)cc1. The Bertz CT molecular complexity index is 1420. The number of esters is 1. The second-order valence-corrected chi connectivity index (χ2v) is 7.90. The molecular formula is C27H22O6. The number of hydrogen-bond acceptors (Lipinski definition) is 6. The van der Waals surface area contributed by atoms with Crippen molar-refractivity contribution < 1.29 is 23.4 Å². The van der Waals surface area contributed by atoms with Crippen LogP contribution in [-0.2, 0) is 6.42 Å². The van der Waals surface area contributed by atoms with E-state index in [1.165, 1.54) is 6.26 Å². The van der Waals surface area contributed by atoms with Gasteiger partial charge in [0.15, 0.2) is 11.5 Å². The van der Waals surface area contributed by atoms with Crippen LogP contribution in [-0.4, -0.2) is 19.2 Å². The maximum absolute atomic E-state index is 13.3. The molecule has 0 saturated heterocycles. The third-order valence-corrected chi connectivity index (χ3v) is 5.68. The van der Waals surface area contributed by atoms with Gasteiger partial charge in [-0.3, -0.25) is 4.79 Å². The van der Waals surface area contributed by atoms with Gasteiger partial charge in [-0.25, -0.2) is 4.79 Å². The van der Waals surface area contributed by atoms with Crippen LogP contribution >= 0.6 is 0 Å². The highest BCUT2D eigenvalue weighted by molar-refractivity contribution is 5.92. The second-order valence-electron chi connectivity index (χ2n) is 7.90. The minimum atomic E-state index is -0.459. The molecule has 6 heteroatoms. The Kier molecular flexibility index (Phi) is 5.34. The summed E-state index contributed by atoms with van der Waals surface area (Å²) in [5, 5.41) is 0.425. The molecule has 0 bridgehead atoms. The van der Waals surface area contributed by atoms with E-state index in [9.17, 15) is 9.59 Å². The molecule has 0 fully saturated rings. The zero-order valence-electron chi connectivity index (χ0n) is 18.3. The average Bonchev–Trinajstić information content (AvgIpc) is 2.84. The number of benzene rings is 3. The van der Waals surface area contributed by atoms with Gasteiger partial charge in [0.2, 0.25) is 5.43 Å². The zero-order chi connectivity index (χ0) is 22.9. The van der Waals surface area contributed by atoms with Crippen LogP contribution in [0, 0.1) is 6.92 Å². The normalized spacial score (nSPS) is 12.5. The Hall–Kier alpha value is -4.06. The molecule has 4 aromatic rings. The van der Waals surface area contributed by atoms with Crippen molar-refractivity contribution in [3.63, 3.8) is 0 Å². The van der Waals surface area contributed by atoms with Crippen LogP contribution in [0.4, 0.5) is 0 Å². The van der Waals surface area contributed by atoms with E-state index in [2.05, 4.69) is 0 Å². The molecule has 6 nitrogen and oxygen atoms in total. The van der Waals surface area contributed by atoms with Crippen LogP contribution in [0.15, 0.2) is 70.1 Å². The molecule has 0 aliphatic carbocycles. The molecule has 33 heavy (non-hydrogen) atoms. The molecule has 3 aromatic carbocycles. The Morgan fingerprint density at radius 2 is 1.73 bits per heavy atom. The number of hydrogen-bond donors (Lipinski definition) is 0. The zero-order valence-corrected chi connectivity index (χ0v) is 18.3. The van der Waals surface area contributed by atoms with Crippen LogP contribution in [0.2, 0.25) is 0 Å². The molecule has 166 valence electrons. The van der Waals surface area contributed by atoms with E-state index in [-0.39, 0.29) is 5.43 Å². The fraction of sp³-hybridized carbons (Fsp3) is 0.185. The van der Waals surface area contributed by atoms with Crippen molar-refractivity contribution in [3.8, 4) is 28.4 Å². The number of carbonyl (C=O) groups is 1. The lowest BCUT2D eigenvalue weighted by atomic mass is 10.0. The van der Waals surface area contributed by atoms with Gasteiger partial charge in [0, 0.05) is 6.07 Å². The summed E-state index contributed by atoms with van der Waals surface area (Å²) in [6.45, 7) is 4.86. The van der Waals surface area contributed by atoms with E-state index in [0.29, 0.717) is 64.5 Å². The highest BCUT2D eigenvalue weighted by atomic mass is 16.6. The Morgan fingerprint density at radius 3 is 2.48 bits per heavy atom. The van der Waals surface area contributed by atoms with E-state index in [0.717, 1.165) is 11.1 Å². The Balaban J connectivity index is 1.53. The highest BCUT2D eigenvalue weighted by Gasteiger charge is 2.18. The average molecular weight is 442 g/mol. The summed E-state index contributed by atoms with van der Waals surface area (Å²) in [4.78, 5) is 25.9. The topological polar surface area (TPSA) is 75.0 Å². The first-order valence-corrected chi connectivity index (χ1v) is 10.8. The summed E-state index contributed by atoms with van der Waals surface area (Å²) in [6.07, 6.45) is 2.01. The van der Waals surface area contributed by atoms with Crippen molar-refractivity contribution in [2.45, 2.75) is 20.3 Å². The molecular weight excluding hydrogens is 420 g/mol. The number of carbonyl (C=O) groups excluding carboxylic acids is 1. The van der Waals surface area contributed by atoms with Gasteiger partial charge >= 0.3 is 5.97 Å². The summed E-state index contributed by atoms with van der Waals surface area (Å²) < 4.78 is 22.7. The molecule has 0 N–H and O–H groups in total. The smallest absolute Gasteiger partial charge is 0.343 e. The van der Waals surface area contributed by atoms with Gasteiger partial charge < -0.3 is 18.6 Å². The van der Waals surface area contributed by atoms with Gasteiger partial charge in [-0.2, -0.15) is 0 Å². The minimum Gasteiger partial charge on any atom is -0.486 e. The first kappa shape index (κ1) is 20.8. The predicted octanol–water partition coefficient (Wildman–Crippen LogP) is 5.32. The standard InChI is InChI=1S/C27H22O6/c1-3-17-12-20-24(14-23(17)33-27(29)18-6-4-16(2)5-7-18)32-15-21(26(20)28)19-8-9-22-25(13-19)31-11-10-30-22/h4-9,12-15H,3,10-11H2,1-2H3. The van der Waals surface area contributed by atoms with E-state index in [1.54, 1.807) is 36.4 Å². The highest BCUT2D eigenvalue weighted by Crippen LogP contribution is 2.34. The first-order chi connectivity index (χ1) is 16.0. The van der Waals surface area contributed by atoms with Crippen molar-refractivity contribution >= 4 is 16.9 Å². The fourth-order valence-corrected chi connectivity index (χ4v) is 3.83. The van der Waals surface area contributed by atoms with Crippen molar-refractivity contribution in [1.29, 1.82) is 0 Å². The summed E-state index contributed by atoms with van der Waals surface area (Å²) in [5.41, 5.74) is 3.55. The largest absolute Gasteiger partial charge is 0.486 e. The van der Waals surface area contributed by atoms with Crippen molar-refractivity contribution in [2.24, 2.45) is 0 Å². The molecule has 0 amide bonds. The summed E-state index contributed by atoms with van der Waals surface area (Å²) in [5.74, 6) is 1.18. The molecule has 2 heterocycles. The van der Waals surface area contributed by atoms with Crippen molar-refractivity contribution in [3.05, 3.63) is 87.8 Å². The van der Waals surface area contributed by atoms with Crippen LogP contribution in [0.3, 0.4) is 0 Å². The summed E-state index contributed by atoms with van der Waals surface area (Å²) >= 11 is 0. The quantitative estimate of drug-likeness (QED) is 0.315. The Labute approximate surface area is 190 Å². The third-order valence-electron chi connectivity index (χ3n) is 5.68. The number of rotatable bonds is 4. The van der Waals surface area contributed by atoms with Gasteiger partial charge in [-0.1, -0.05) is 30.7 Å². The van der Waals surface area contributed by atoms with Crippen LogP contribution in [0.1, 0.15) is 28.4 Å². The number of ether oxygens (including phenoxy) is 3. The summed E-state index contributed by atoms with van der Waals surface area (Å²) in [6, 6.07) is 15.9. The van der Waals surface area contributed by atoms with Gasteiger partial charge in [0.05, 0.1) is 16.5 Å². The van der Waals surface area contributed by atoms with Crippen molar-refractivity contribution in [2.75, 3.05) is 13.2 Å². The molecule has 1 aliphatic heterocycles. The third kappa shape index (κ3) is 3.96. The van der Waals surface area contributed by atoms with Gasteiger partial charge in [0.1, 0.15) is 30.8 Å². The molecule has 1 aromatic heterocycles. The van der Waals surface area contributed by atoms with Crippen LogP contribution in [0.25, 0.3) is 22.1 Å². The molecule has 0 saturated carbocycles. The van der Waals surface area contributed by atoms with Gasteiger partial charge in [-0.15, -0.1) is 0 Å². The lowest BCUT2D eigenvalue weighted by molar-refractivity contribution is 0.0733. The molecule has 0 atom stereocenters. The van der Waals surface area contributed by atoms with Crippen molar-refractivity contribution in [1.82, 2.24) is 0 Å². The van der Waals surface area contributed by atoms with E-state index in [4.69, 9.17) is 18.6 Å². The van der Waals surface area contributed by atoms with Crippen LogP contribution in [0.5, 0.6) is 17.2 Å². The maximum atomic E-state index is 13.3. The molecule has 0 spiro atoms. The van der Waals surface area contributed by atoms with Crippen LogP contribution < -0.4 is 19.6 Å². The maximum Gasteiger partial charge on any atom is 0.343 e. The second kappa shape index (κ2) is 8.47. The molecule has 1 aliphatic rings. The van der Waals surface area contributed by atoms with E-state index >= 15 is 0 Å². The lowest BCUT2D eigenvalue weighted by Gasteiger charge is -2.18. The summed E-state index contributed by atoms with van der Waals surface area (Å²) in [7, 11) is 0. The molecule has 0 radical (unpaired) electrons. The fourth-order valence-electron chi connectivity index (χ4n) is 3.83. The Morgan fingerprint density at radius 1 is 0.970 bits per heavy atom. The van der Waals surface area contributed by atoms with E-state index in [1.807, 2.05) is 32.0 Å². The first-order valence-electron chi connectivity index (χ1n) is 10.8.